The van der Waals surface area contributed by atoms with Gasteiger partial charge in [-0.05, 0) is 24.5 Å². The Morgan fingerprint density at radius 2 is 2.00 bits per heavy atom. The van der Waals surface area contributed by atoms with Crippen molar-refractivity contribution in [3.8, 4) is 0 Å². The second kappa shape index (κ2) is 5.34. The van der Waals surface area contributed by atoms with Crippen molar-refractivity contribution < 1.29 is 9.59 Å². The average molecular weight is 307 g/mol. The molecule has 112 valence electrons. The van der Waals surface area contributed by atoms with Gasteiger partial charge in [-0.25, -0.2) is 0 Å². The number of rotatable bonds is 4. The highest BCUT2D eigenvalue weighted by Gasteiger charge is 2.46. The van der Waals surface area contributed by atoms with E-state index in [4.69, 9.17) is 11.6 Å². The quantitative estimate of drug-likeness (QED) is 0.924. The van der Waals surface area contributed by atoms with E-state index in [0.29, 0.717) is 19.6 Å². The molecule has 1 heterocycles. The summed E-state index contributed by atoms with van der Waals surface area (Å²) < 4.78 is 0. The third-order valence-electron chi connectivity index (χ3n) is 4.60. The van der Waals surface area contributed by atoms with Gasteiger partial charge in [0, 0.05) is 37.0 Å². The smallest absolute Gasteiger partial charge is 0.226 e. The summed E-state index contributed by atoms with van der Waals surface area (Å²) >= 11 is 6.26. The highest BCUT2D eigenvalue weighted by Crippen LogP contribution is 2.49. The number of hydrogen-bond donors (Lipinski definition) is 1. The van der Waals surface area contributed by atoms with Gasteiger partial charge in [0.05, 0.1) is 5.92 Å². The van der Waals surface area contributed by atoms with Crippen molar-refractivity contribution in [3.63, 3.8) is 0 Å². The topological polar surface area (TPSA) is 49.4 Å². The molecular formula is C16H19ClN2O2. The minimum absolute atomic E-state index is 0.0119. The van der Waals surface area contributed by atoms with Crippen molar-refractivity contribution >= 4 is 23.4 Å². The first-order valence-corrected chi connectivity index (χ1v) is 7.68. The molecule has 1 aliphatic carbocycles. The van der Waals surface area contributed by atoms with Crippen LogP contribution in [-0.2, 0) is 15.0 Å². The molecule has 0 radical (unpaired) electrons. The molecule has 1 aromatic rings. The van der Waals surface area contributed by atoms with E-state index in [9.17, 15) is 9.59 Å². The van der Waals surface area contributed by atoms with Crippen LogP contribution >= 0.6 is 11.6 Å². The van der Waals surface area contributed by atoms with Crippen molar-refractivity contribution in [2.45, 2.75) is 25.2 Å². The fourth-order valence-corrected chi connectivity index (χ4v) is 3.22. The standard InChI is InChI=1S/C16H19ClN2O2/c1-11(20)19-8-12(9-19)15(21)18-10-16(6-7-16)13-4-2-3-5-14(13)17/h2-5,12H,6-10H2,1H3,(H,18,21). The number of amides is 2. The van der Waals surface area contributed by atoms with Crippen LogP contribution in [0.3, 0.4) is 0 Å². The van der Waals surface area contributed by atoms with Crippen molar-refractivity contribution in [2.24, 2.45) is 5.92 Å². The zero-order valence-electron chi connectivity index (χ0n) is 12.1. The minimum Gasteiger partial charge on any atom is -0.355 e. The molecule has 1 saturated carbocycles. The second-order valence-corrected chi connectivity index (χ2v) is 6.51. The van der Waals surface area contributed by atoms with Crippen LogP contribution in [0.15, 0.2) is 24.3 Å². The summed E-state index contributed by atoms with van der Waals surface area (Å²) in [7, 11) is 0. The molecule has 1 saturated heterocycles. The number of hydrogen-bond acceptors (Lipinski definition) is 2. The van der Waals surface area contributed by atoms with E-state index in [-0.39, 0.29) is 23.1 Å². The predicted molar refractivity (Wildman–Crippen MR) is 81.1 cm³/mol. The second-order valence-electron chi connectivity index (χ2n) is 6.10. The van der Waals surface area contributed by atoms with E-state index in [1.165, 1.54) is 6.92 Å². The number of carbonyl (C=O) groups excluding carboxylic acids is 2. The minimum atomic E-state index is -0.0593. The lowest BCUT2D eigenvalue weighted by Gasteiger charge is -2.37. The number of nitrogens with zero attached hydrogens (tertiary/aromatic N) is 1. The molecule has 1 aromatic carbocycles. The lowest BCUT2D eigenvalue weighted by Crippen LogP contribution is -2.55. The monoisotopic (exact) mass is 306 g/mol. The zero-order chi connectivity index (χ0) is 15.0. The Morgan fingerprint density at radius 1 is 1.33 bits per heavy atom. The average Bonchev–Trinajstić information content (AvgIpc) is 3.16. The zero-order valence-corrected chi connectivity index (χ0v) is 12.8. The van der Waals surface area contributed by atoms with Crippen LogP contribution in [0.1, 0.15) is 25.3 Å². The van der Waals surface area contributed by atoms with E-state index in [1.54, 1.807) is 4.90 Å². The first-order chi connectivity index (χ1) is 10.0. The Balaban J connectivity index is 1.55. The van der Waals surface area contributed by atoms with Crippen molar-refractivity contribution in [3.05, 3.63) is 34.9 Å². The fraction of sp³-hybridized carbons (Fsp3) is 0.500. The molecule has 0 unspecified atom stereocenters. The van der Waals surface area contributed by atoms with Gasteiger partial charge in [-0.1, -0.05) is 29.8 Å². The van der Waals surface area contributed by atoms with E-state index in [2.05, 4.69) is 5.32 Å². The van der Waals surface area contributed by atoms with Crippen LogP contribution in [0.2, 0.25) is 5.02 Å². The van der Waals surface area contributed by atoms with Crippen LogP contribution in [-0.4, -0.2) is 36.3 Å². The number of carbonyl (C=O) groups is 2. The number of benzene rings is 1. The highest BCUT2D eigenvalue weighted by molar-refractivity contribution is 6.31. The van der Waals surface area contributed by atoms with Crippen LogP contribution in [0.5, 0.6) is 0 Å². The van der Waals surface area contributed by atoms with Crippen LogP contribution < -0.4 is 5.32 Å². The van der Waals surface area contributed by atoms with Gasteiger partial charge in [-0.15, -0.1) is 0 Å². The van der Waals surface area contributed by atoms with Crippen LogP contribution in [0, 0.1) is 5.92 Å². The van der Waals surface area contributed by atoms with Crippen molar-refractivity contribution in [1.82, 2.24) is 10.2 Å². The highest BCUT2D eigenvalue weighted by atomic mass is 35.5. The Kier molecular flexibility index (Phi) is 3.66. The Bertz CT molecular complexity index is 577. The summed E-state index contributed by atoms with van der Waals surface area (Å²) in [5, 5.41) is 3.81. The summed E-state index contributed by atoms with van der Waals surface area (Å²) in [6.45, 7) is 3.25. The third kappa shape index (κ3) is 2.77. The van der Waals surface area contributed by atoms with E-state index >= 15 is 0 Å². The molecule has 2 aliphatic rings. The van der Waals surface area contributed by atoms with Gasteiger partial charge >= 0.3 is 0 Å². The number of halogens is 1. The SMILES string of the molecule is CC(=O)N1CC(C(=O)NCC2(c3ccccc3Cl)CC2)C1. The molecular weight excluding hydrogens is 288 g/mol. The molecule has 4 nitrogen and oxygen atoms in total. The molecule has 0 aromatic heterocycles. The lowest BCUT2D eigenvalue weighted by molar-refractivity contribution is -0.141. The molecule has 2 amide bonds. The summed E-state index contributed by atoms with van der Waals surface area (Å²) in [4.78, 5) is 24.9. The molecule has 21 heavy (non-hydrogen) atoms. The van der Waals surface area contributed by atoms with Gasteiger partial charge in [0.15, 0.2) is 0 Å². The molecule has 0 spiro atoms. The maximum absolute atomic E-state index is 12.1. The molecule has 0 atom stereocenters. The summed E-state index contributed by atoms with van der Waals surface area (Å²) in [5.41, 5.74) is 1.14. The van der Waals surface area contributed by atoms with Gasteiger partial charge in [0.2, 0.25) is 11.8 Å². The molecule has 2 fully saturated rings. The van der Waals surface area contributed by atoms with Gasteiger partial charge in [-0.2, -0.15) is 0 Å². The third-order valence-corrected chi connectivity index (χ3v) is 4.93. The van der Waals surface area contributed by atoms with Crippen molar-refractivity contribution in [1.29, 1.82) is 0 Å². The molecule has 5 heteroatoms. The van der Waals surface area contributed by atoms with E-state index < -0.39 is 0 Å². The fourth-order valence-electron chi connectivity index (χ4n) is 2.89. The van der Waals surface area contributed by atoms with Gasteiger partial charge < -0.3 is 10.2 Å². The van der Waals surface area contributed by atoms with Crippen LogP contribution in [0.25, 0.3) is 0 Å². The first kappa shape index (κ1) is 14.4. The Morgan fingerprint density at radius 3 is 2.57 bits per heavy atom. The molecule has 0 bridgehead atoms. The largest absolute Gasteiger partial charge is 0.355 e. The maximum Gasteiger partial charge on any atom is 0.226 e. The Hall–Kier alpha value is -1.55. The van der Waals surface area contributed by atoms with Crippen LogP contribution in [0.4, 0.5) is 0 Å². The van der Waals surface area contributed by atoms with Crippen molar-refractivity contribution in [2.75, 3.05) is 19.6 Å². The van der Waals surface area contributed by atoms with Gasteiger partial charge in [0.1, 0.15) is 0 Å². The number of nitrogens with one attached hydrogen (secondary N) is 1. The summed E-state index contributed by atoms with van der Waals surface area (Å²) in [6.07, 6.45) is 2.11. The lowest BCUT2D eigenvalue weighted by atomic mass is 9.94. The number of likely N-dealkylation sites (tertiary alicyclic amines) is 1. The van der Waals surface area contributed by atoms with Gasteiger partial charge in [-0.3, -0.25) is 9.59 Å². The summed E-state index contributed by atoms with van der Waals surface area (Å²) in [6, 6.07) is 7.85. The predicted octanol–water partition coefficient (Wildman–Crippen LogP) is 1.97. The van der Waals surface area contributed by atoms with E-state index in [1.807, 2.05) is 24.3 Å². The molecule has 3 rings (SSSR count). The Labute approximate surface area is 129 Å². The maximum atomic E-state index is 12.1. The van der Waals surface area contributed by atoms with Gasteiger partial charge in [0.25, 0.3) is 0 Å². The summed E-state index contributed by atoms with van der Waals surface area (Å²) in [5.74, 6) is 0.0237. The van der Waals surface area contributed by atoms with E-state index in [0.717, 1.165) is 23.4 Å². The first-order valence-electron chi connectivity index (χ1n) is 7.30. The molecule has 1 N–H and O–H groups in total. The molecule has 1 aliphatic heterocycles. The normalized spacial score (nSPS) is 19.8.